The molecule has 27 heavy (non-hydrogen) atoms. The number of aliphatic hydroxyl groups is 2. The third-order valence-corrected chi connectivity index (χ3v) is 3.45. The van der Waals surface area contributed by atoms with Gasteiger partial charge in [-0.2, -0.15) is 0 Å². The number of halogens is 1. The number of aryl methyl sites for hydroxylation is 2. The highest BCUT2D eigenvalue weighted by atomic mass is 32.2. The molecule has 6 N–H and O–H groups in total. The maximum absolute atomic E-state index is 13.6. The second-order valence-electron chi connectivity index (χ2n) is 5.28. The van der Waals surface area contributed by atoms with Crippen LogP contribution in [0.1, 0.15) is 19.4 Å². The quantitative estimate of drug-likeness (QED) is 0.472. The Morgan fingerprint density at radius 2 is 1.96 bits per heavy atom. The minimum atomic E-state index is -0.703. The number of aromatic nitrogens is 1. The van der Waals surface area contributed by atoms with Gasteiger partial charge in [0.15, 0.2) is 0 Å². The SMILES string of the molecule is CC.Cc1ccc(Nc2ccn(C)c(=O)c2)c(F)c1.NSNCC(O)CO. The summed E-state index contributed by atoms with van der Waals surface area (Å²) in [5.41, 5.74) is 1.67. The van der Waals surface area contributed by atoms with Crippen LogP contribution < -0.4 is 20.7 Å². The lowest BCUT2D eigenvalue weighted by Gasteiger charge is -2.08. The van der Waals surface area contributed by atoms with Crippen LogP contribution in [-0.4, -0.2) is 34.0 Å². The Labute approximate surface area is 163 Å². The van der Waals surface area contributed by atoms with E-state index < -0.39 is 6.10 Å². The van der Waals surface area contributed by atoms with E-state index >= 15 is 0 Å². The minimum absolute atomic E-state index is 0.137. The van der Waals surface area contributed by atoms with Crippen LogP contribution in [0.3, 0.4) is 0 Å². The first-order chi connectivity index (χ1) is 12.9. The molecule has 1 heterocycles. The second-order valence-corrected chi connectivity index (χ2v) is 5.80. The summed E-state index contributed by atoms with van der Waals surface area (Å²) in [6.07, 6.45) is 0.933. The molecule has 2 rings (SSSR count). The summed E-state index contributed by atoms with van der Waals surface area (Å²) in [6.45, 7) is 5.91. The van der Waals surface area contributed by atoms with Crippen molar-refractivity contribution < 1.29 is 14.6 Å². The molecule has 2 aromatic rings. The molecule has 1 unspecified atom stereocenters. The van der Waals surface area contributed by atoms with Gasteiger partial charge >= 0.3 is 0 Å². The average Bonchev–Trinajstić information content (AvgIpc) is 2.67. The Kier molecular flexibility index (Phi) is 13.2. The Bertz CT molecular complexity index is 728. The van der Waals surface area contributed by atoms with Crippen LogP contribution in [0.15, 0.2) is 41.3 Å². The Morgan fingerprint density at radius 1 is 1.30 bits per heavy atom. The molecule has 0 radical (unpaired) electrons. The van der Waals surface area contributed by atoms with Crippen molar-refractivity contribution in [3.8, 4) is 0 Å². The van der Waals surface area contributed by atoms with E-state index in [4.69, 9.17) is 15.4 Å². The van der Waals surface area contributed by atoms with Gasteiger partial charge in [0.1, 0.15) is 5.82 Å². The van der Waals surface area contributed by atoms with Crippen molar-refractivity contribution in [2.75, 3.05) is 18.5 Å². The number of nitrogens with two attached hydrogens (primary N) is 1. The lowest BCUT2D eigenvalue weighted by molar-refractivity contribution is 0.0994. The second kappa shape index (κ2) is 14.2. The van der Waals surface area contributed by atoms with Crippen molar-refractivity contribution in [1.29, 1.82) is 0 Å². The van der Waals surface area contributed by atoms with Crippen LogP contribution in [0.25, 0.3) is 0 Å². The largest absolute Gasteiger partial charge is 0.394 e. The fourth-order valence-corrected chi connectivity index (χ4v) is 2.00. The third kappa shape index (κ3) is 10.1. The Hall–Kier alpha value is -1.91. The van der Waals surface area contributed by atoms with E-state index in [9.17, 15) is 9.18 Å². The summed E-state index contributed by atoms with van der Waals surface area (Å²) in [4.78, 5) is 11.4. The monoisotopic (exact) mass is 400 g/mol. The molecule has 0 saturated heterocycles. The van der Waals surface area contributed by atoms with E-state index in [0.717, 1.165) is 17.7 Å². The molecule has 0 fully saturated rings. The highest BCUT2D eigenvalue weighted by Crippen LogP contribution is 2.19. The predicted molar refractivity (Wildman–Crippen MR) is 110 cm³/mol. The topological polar surface area (TPSA) is 113 Å². The van der Waals surface area contributed by atoms with E-state index in [1.54, 1.807) is 25.4 Å². The lowest BCUT2D eigenvalue weighted by atomic mass is 10.2. The van der Waals surface area contributed by atoms with Gasteiger partial charge in [0.05, 0.1) is 18.4 Å². The zero-order chi connectivity index (χ0) is 20.8. The molecule has 0 spiro atoms. The first-order valence-electron chi connectivity index (χ1n) is 8.44. The number of rotatable bonds is 6. The summed E-state index contributed by atoms with van der Waals surface area (Å²) < 4.78 is 17.6. The van der Waals surface area contributed by atoms with Gasteiger partial charge in [-0.25, -0.2) is 9.11 Å². The van der Waals surface area contributed by atoms with Crippen molar-refractivity contribution in [3.05, 3.63) is 58.3 Å². The Morgan fingerprint density at radius 3 is 2.48 bits per heavy atom. The van der Waals surface area contributed by atoms with E-state index in [-0.39, 0.29) is 18.0 Å². The molecular formula is C18H29FN4O3S. The number of benzene rings is 1. The molecular weight excluding hydrogens is 371 g/mol. The highest BCUT2D eigenvalue weighted by Gasteiger charge is 2.03. The fourth-order valence-electron chi connectivity index (χ4n) is 1.71. The normalized spacial score (nSPS) is 10.8. The van der Waals surface area contributed by atoms with Gasteiger partial charge in [0.2, 0.25) is 0 Å². The van der Waals surface area contributed by atoms with Gasteiger partial charge in [0.25, 0.3) is 5.56 Å². The van der Waals surface area contributed by atoms with E-state index in [1.165, 1.54) is 16.7 Å². The van der Waals surface area contributed by atoms with Crippen molar-refractivity contribution in [1.82, 2.24) is 9.29 Å². The lowest BCUT2D eigenvalue weighted by Crippen LogP contribution is -2.26. The van der Waals surface area contributed by atoms with Crippen LogP contribution in [0.5, 0.6) is 0 Å². The van der Waals surface area contributed by atoms with Crippen molar-refractivity contribution in [2.24, 2.45) is 12.2 Å². The van der Waals surface area contributed by atoms with Crippen LogP contribution in [0.4, 0.5) is 15.8 Å². The number of nitrogens with one attached hydrogen (secondary N) is 2. The van der Waals surface area contributed by atoms with Crippen molar-refractivity contribution in [3.63, 3.8) is 0 Å². The molecule has 9 heteroatoms. The van der Waals surface area contributed by atoms with Gasteiger partial charge in [-0.15, -0.1) is 0 Å². The van der Waals surface area contributed by atoms with Gasteiger partial charge < -0.3 is 20.1 Å². The molecule has 0 amide bonds. The number of anilines is 2. The molecule has 0 aliphatic rings. The van der Waals surface area contributed by atoms with Gasteiger partial charge in [-0.3, -0.25) is 9.93 Å². The number of aliphatic hydroxyl groups excluding tert-OH is 2. The zero-order valence-corrected chi connectivity index (χ0v) is 16.9. The summed E-state index contributed by atoms with van der Waals surface area (Å²) in [5.74, 6) is -0.328. The van der Waals surface area contributed by atoms with Crippen molar-refractivity contribution in [2.45, 2.75) is 26.9 Å². The summed E-state index contributed by atoms with van der Waals surface area (Å²) in [5, 5.41) is 24.7. The Balaban J connectivity index is 0.000000574. The van der Waals surface area contributed by atoms with E-state index in [2.05, 4.69) is 10.0 Å². The van der Waals surface area contributed by atoms with Crippen LogP contribution in [0, 0.1) is 12.7 Å². The number of hydrogen-bond donors (Lipinski definition) is 5. The maximum Gasteiger partial charge on any atom is 0.252 e. The number of nitrogens with zero attached hydrogens (tertiary/aromatic N) is 1. The van der Waals surface area contributed by atoms with Gasteiger partial charge in [-0.1, -0.05) is 19.9 Å². The number of hydrogen-bond acceptors (Lipinski definition) is 7. The summed E-state index contributed by atoms with van der Waals surface area (Å²) in [7, 11) is 1.67. The van der Waals surface area contributed by atoms with Crippen LogP contribution >= 0.6 is 12.1 Å². The maximum atomic E-state index is 13.6. The molecule has 0 aliphatic heterocycles. The average molecular weight is 401 g/mol. The molecule has 1 atom stereocenters. The third-order valence-electron chi connectivity index (χ3n) is 3.12. The smallest absolute Gasteiger partial charge is 0.252 e. The fraction of sp³-hybridized carbons (Fsp3) is 0.389. The van der Waals surface area contributed by atoms with Gasteiger partial charge in [-0.05, 0) is 30.7 Å². The minimum Gasteiger partial charge on any atom is -0.394 e. The molecule has 0 bridgehead atoms. The predicted octanol–water partition coefficient (Wildman–Crippen LogP) is 2.05. The first kappa shape index (κ1) is 25.1. The zero-order valence-electron chi connectivity index (χ0n) is 16.1. The van der Waals surface area contributed by atoms with Crippen LogP contribution in [0.2, 0.25) is 0 Å². The highest BCUT2D eigenvalue weighted by molar-refractivity contribution is 7.95. The molecule has 1 aromatic heterocycles. The summed E-state index contributed by atoms with van der Waals surface area (Å²) in [6, 6.07) is 8.07. The van der Waals surface area contributed by atoms with Crippen molar-refractivity contribution >= 4 is 23.5 Å². The van der Waals surface area contributed by atoms with E-state index in [0.29, 0.717) is 17.9 Å². The first-order valence-corrected chi connectivity index (χ1v) is 9.32. The standard InChI is InChI=1S/C13H13FN2O.C3H10N2O2S.C2H6/c1-9-3-4-12(11(14)7-9)15-10-5-6-16(2)13(17)8-10;4-8-5-1-3(7)2-6;1-2/h3-8,15H,1-2H3;3,5-7H,1-2,4H2;1-2H3. The molecule has 7 nitrogen and oxygen atoms in total. The van der Waals surface area contributed by atoms with Crippen LogP contribution in [-0.2, 0) is 7.05 Å². The van der Waals surface area contributed by atoms with Gasteiger partial charge in [0, 0.05) is 43.7 Å². The molecule has 152 valence electrons. The molecule has 0 aliphatic carbocycles. The summed E-state index contributed by atoms with van der Waals surface area (Å²) >= 11 is 0.924. The molecule has 1 aromatic carbocycles. The van der Waals surface area contributed by atoms with E-state index in [1.807, 2.05) is 26.8 Å². The molecule has 0 saturated carbocycles. The number of pyridine rings is 1.